The second-order valence-electron chi connectivity index (χ2n) is 5.67. The molecule has 1 radical (unpaired) electrons. The van der Waals surface area contributed by atoms with Crippen LogP contribution in [-0.4, -0.2) is 24.3 Å². The van der Waals surface area contributed by atoms with Crippen molar-refractivity contribution in [2.45, 2.75) is 78.9 Å². The summed E-state index contributed by atoms with van der Waals surface area (Å²) in [6.07, 6.45) is 4.58. The van der Waals surface area contributed by atoms with Gasteiger partial charge in [-0.15, -0.1) is 0 Å². The van der Waals surface area contributed by atoms with E-state index in [9.17, 15) is 4.79 Å². The first-order valence-electron chi connectivity index (χ1n) is 7.23. The number of hydrogen-bond donors (Lipinski definition) is 0. The maximum absolute atomic E-state index is 11.7. The molecular weight excluding hydrogens is 279 g/mol. The molecule has 1 rings (SSSR count). The predicted octanol–water partition coefficient (Wildman–Crippen LogP) is 3.95. The Bertz CT molecular complexity index is 230. The van der Waals surface area contributed by atoms with Gasteiger partial charge in [0.2, 0.25) is 0 Å². The molecule has 0 aromatic heterocycles. The summed E-state index contributed by atoms with van der Waals surface area (Å²) in [5.41, 5.74) is -0.193. The molecule has 0 unspecified atom stereocenters. The summed E-state index contributed by atoms with van der Waals surface area (Å²) in [7, 11) is 0. The fraction of sp³-hybridized carbons (Fsp3) is 0.933. The molecular formula is C15H30O3V. The van der Waals surface area contributed by atoms with Crippen LogP contribution in [-0.2, 0) is 32.8 Å². The molecule has 1 aliphatic carbocycles. The third-order valence-corrected chi connectivity index (χ3v) is 2.75. The molecule has 19 heavy (non-hydrogen) atoms. The van der Waals surface area contributed by atoms with Crippen LogP contribution >= 0.6 is 0 Å². The van der Waals surface area contributed by atoms with Crippen molar-refractivity contribution in [3.05, 3.63) is 0 Å². The number of carbonyl (C=O) groups is 1. The Labute approximate surface area is 130 Å². The van der Waals surface area contributed by atoms with E-state index in [1.807, 2.05) is 41.5 Å². The largest absolute Gasteiger partial charge is 0.462 e. The Kier molecular flexibility index (Phi) is 12.1. The normalized spacial score (nSPS) is 16.9. The molecule has 0 bridgehead atoms. The monoisotopic (exact) mass is 309 g/mol. The Morgan fingerprint density at radius 3 is 2.11 bits per heavy atom. The summed E-state index contributed by atoms with van der Waals surface area (Å²) >= 11 is 0. The molecule has 0 saturated heterocycles. The molecule has 1 aliphatic rings. The zero-order valence-corrected chi connectivity index (χ0v) is 14.8. The number of esters is 1. The van der Waals surface area contributed by atoms with Gasteiger partial charge in [0.15, 0.2) is 0 Å². The molecule has 4 heteroatoms. The van der Waals surface area contributed by atoms with E-state index in [-0.39, 0.29) is 42.1 Å². The fourth-order valence-corrected chi connectivity index (χ4v) is 1.73. The third-order valence-electron chi connectivity index (χ3n) is 2.75. The Balaban J connectivity index is 0. The first-order valence-corrected chi connectivity index (χ1v) is 7.23. The van der Waals surface area contributed by atoms with Crippen LogP contribution in [0.15, 0.2) is 0 Å². The average Bonchev–Trinajstić information content (AvgIpc) is 2.80. The molecule has 0 heterocycles. The number of rotatable bonds is 4. The van der Waals surface area contributed by atoms with Crippen molar-refractivity contribution in [3.8, 4) is 0 Å². The van der Waals surface area contributed by atoms with Gasteiger partial charge in [-0.2, -0.15) is 0 Å². The van der Waals surface area contributed by atoms with Crippen molar-refractivity contribution in [2.24, 2.45) is 5.92 Å². The van der Waals surface area contributed by atoms with Crippen molar-refractivity contribution in [1.82, 2.24) is 0 Å². The first-order chi connectivity index (χ1) is 8.38. The molecule has 0 N–H and O–H groups in total. The van der Waals surface area contributed by atoms with E-state index < -0.39 is 0 Å². The van der Waals surface area contributed by atoms with Gasteiger partial charge in [-0.3, -0.25) is 4.79 Å². The Morgan fingerprint density at radius 1 is 1.21 bits per heavy atom. The summed E-state index contributed by atoms with van der Waals surface area (Å²) < 4.78 is 11.0. The van der Waals surface area contributed by atoms with Crippen LogP contribution in [0.1, 0.15) is 67.2 Å². The van der Waals surface area contributed by atoms with Gasteiger partial charge in [-0.25, -0.2) is 0 Å². The molecule has 1 saturated carbocycles. The minimum atomic E-state index is -0.193. The average molecular weight is 309 g/mol. The predicted molar refractivity (Wildman–Crippen MR) is 74.6 cm³/mol. The van der Waals surface area contributed by atoms with Crippen LogP contribution in [0, 0.1) is 5.92 Å². The van der Waals surface area contributed by atoms with E-state index in [2.05, 4.69) is 0 Å². The molecule has 0 spiro atoms. The molecule has 113 valence electrons. The minimum absolute atomic E-state index is 0. The molecule has 0 aromatic carbocycles. The van der Waals surface area contributed by atoms with E-state index in [1.165, 1.54) is 12.8 Å². The van der Waals surface area contributed by atoms with Gasteiger partial charge in [0.1, 0.15) is 6.10 Å². The first kappa shape index (κ1) is 21.3. The van der Waals surface area contributed by atoms with Crippen molar-refractivity contribution >= 4 is 5.97 Å². The van der Waals surface area contributed by atoms with E-state index >= 15 is 0 Å². The summed E-state index contributed by atoms with van der Waals surface area (Å²) in [5, 5.41) is 0. The zero-order valence-electron chi connectivity index (χ0n) is 13.4. The van der Waals surface area contributed by atoms with Gasteiger partial charge in [-0.1, -0.05) is 13.8 Å². The minimum Gasteiger partial charge on any atom is -0.462 e. The smallest absolute Gasteiger partial charge is 0.311 e. The second kappa shape index (κ2) is 10.8. The van der Waals surface area contributed by atoms with E-state index in [0.29, 0.717) is 6.61 Å². The van der Waals surface area contributed by atoms with Gasteiger partial charge in [0.05, 0.1) is 18.1 Å². The Hall–Kier alpha value is 0.0144. The van der Waals surface area contributed by atoms with Gasteiger partial charge < -0.3 is 9.47 Å². The maximum Gasteiger partial charge on any atom is 0.311 e. The quantitative estimate of drug-likeness (QED) is 0.738. The van der Waals surface area contributed by atoms with Crippen molar-refractivity contribution in [1.29, 1.82) is 0 Å². The van der Waals surface area contributed by atoms with E-state index in [1.54, 1.807) is 0 Å². The van der Waals surface area contributed by atoms with Gasteiger partial charge in [0.25, 0.3) is 0 Å². The molecule has 0 aromatic rings. The number of hydrogen-bond acceptors (Lipinski definition) is 3. The number of carbonyl (C=O) groups excluding carboxylic acids is 1. The van der Waals surface area contributed by atoms with Gasteiger partial charge >= 0.3 is 5.97 Å². The molecule has 3 nitrogen and oxygen atoms in total. The Morgan fingerprint density at radius 2 is 1.68 bits per heavy atom. The molecule has 0 amide bonds. The zero-order chi connectivity index (χ0) is 14.2. The second-order valence-corrected chi connectivity index (χ2v) is 5.67. The van der Waals surface area contributed by atoms with E-state index in [4.69, 9.17) is 9.47 Å². The van der Waals surface area contributed by atoms with Crippen molar-refractivity contribution < 1.29 is 32.8 Å². The standard InChI is InChI=1S/C13H24O3.C2H6.V/c1-10(9-15-13(2,3)4)12(14)16-11-7-5-6-8-11;1-2;/h10-11H,5-9H2,1-4H3;1-2H3;/t10-;;/m0../s1. The summed E-state index contributed by atoms with van der Waals surface area (Å²) in [6.45, 7) is 12.3. The maximum atomic E-state index is 11.7. The number of ether oxygens (including phenoxy) is 2. The van der Waals surface area contributed by atoms with Crippen LogP contribution in [0.2, 0.25) is 0 Å². The third kappa shape index (κ3) is 10.5. The summed E-state index contributed by atoms with van der Waals surface area (Å²) in [6, 6.07) is 0. The van der Waals surface area contributed by atoms with Crippen LogP contribution in [0.25, 0.3) is 0 Å². The van der Waals surface area contributed by atoms with Crippen molar-refractivity contribution in [3.63, 3.8) is 0 Å². The molecule has 1 atom stereocenters. The molecule has 1 fully saturated rings. The van der Waals surface area contributed by atoms with Gasteiger partial charge in [-0.05, 0) is 53.4 Å². The van der Waals surface area contributed by atoms with Crippen LogP contribution in [0.3, 0.4) is 0 Å². The van der Waals surface area contributed by atoms with Gasteiger partial charge in [0, 0.05) is 18.6 Å². The summed E-state index contributed by atoms with van der Waals surface area (Å²) in [4.78, 5) is 11.7. The van der Waals surface area contributed by atoms with Crippen molar-refractivity contribution in [2.75, 3.05) is 6.61 Å². The van der Waals surface area contributed by atoms with E-state index in [0.717, 1.165) is 12.8 Å². The molecule has 0 aliphatic heterocycles. The summed E-state index contributed by atoms with van der Waals surface area (Å²) in [5.74, 6) is -0.282. The fourth-order valence-electron chi connectivity index (χ4n) is 1.73. The van der Waals surface area contributed by atoms with Crippen LogP contribution < -0.4 is 0 Å². The van der Waals surface area contributed by atoms with Crippen LogP contribution in [0.5, 0.6) is 0 Å². The topological polar surface area (TPSA) is 35.5 Å². The SMILES string of the molecule is CC.C[C@@H](COC(C)(C)C)C(=O)OC1CCCC1.[V]. The van der Waals surface area contributed by atoms with Crippen LogP contribution in [0.4, 0.5) is 0 Å².